The van der Waals surface area contributed by atoms with E-state index in [1.807, 2.05) is 0 Å². The standard InChI is InChI=1S/C8H17Si.3C4H9.Sn/c1-5-6-7-8-9(2,3)4;3*1-3-4-2;/h6-8H,5H2,1-4H3;3*1,3-4H2,2H3;/b7-6+;;;;. The van der Waals surface area contributed by atoms with E-state index in [2.05, 4.69) is 59.5 Å². The summed E-state index contributed by atoms with van der Waals surface area (Å²) in [4.78, 5) is 0. The first kappa shape index (κ1) is 22.8. The Bertz CT molecular complexity index is 269. The molecule has 0 rings (SSSR count). The second kappa shape index (κ2) is 12.2. The fourth-order valence-electron chi connectivity index (χ4n) is 4.11. The molecule has 1 unspecified atom stereocenters. The van der Waals surface area contributed by atoms with Gasteiger partial charge in [0.1, 0.15) is 0 Å². The maximum absolute atomic E-state index is 2.74. The molecule has 1 atom stereocenters. The van der Waals surface area contributed by atoms with Gasteiger partial charge in [0.2, 0.25) is 0 Å². The molecule has 0 radical (unpaired) electrons. The molecule has 0 heterocycles. The van der Waals surface area contributed by atoms with E-state index < -0.39 is 26.5 Å². The Balaban J connectivity index is 5.59. The van der Waals surface area contributed by atoms with E-state index in [0.29, 0.717) is 0 Å². The molecule has 2 heteroatoms. The fraction of sp³-hybridized carbons (Fsp3) is 0.900. The molecule has 0 aliphatic heterocycles. The summed E-state index contributed by atoms with van der Waals surface area (Å²) in [6.45, 7) is 17.4. The summed E-state index contributed by atoms with van der Waals surface area (Å²) in [7, 11) is -1.10. The summed E-state index contributed by atoms with van der Waals surface area (Å²) in [5.74, 6) is 0. The van der Waals surface area contributed by atoms with Crippen LogP contribution in [0.3, 0.4) is 0 Å². The van der Waals surface area contributed by atoms with Crippen LogP contribution in [0.15, 0.2) is 12.2 Å². The molecule has 0 aromatic heterocycles. The molecule has 132 valence electrons. The van der Waals surface area contributed by atoms with Gasteiger partial charge >= 0.3 is 148 Å². The Labute approximate surface area is 147 Å². The van der Waals surface area contributed by atoms with Gasteiger partial charge < -0.3 is 0 Å². The summed E-state index contributed by atoms with van der Waals surface area (Å²) >= 11 is -2.09. The van der Waals surface area contributed by atoms with Crippen LogP contribution in [0.1, 0.15) is 72.6 Å². The molecule has 0 N–H and O–H groups in total. The van der Waals surface area contributed by atoms with Crippen molar-refractivity contribution in [3.8, 4) is 0 Å². The van der Waals surface area contributed by atoms with Crippen molar-refractivity contribution >= 4 is 26.5 Å². The number of unbranched alkanes of at least 4 members (excludes halogenated alkanes) is 3. The van der Waals surface area contributed by atoms with Gasteiger partial charge in [0.25, 0.3) is 0 Å². The molecule has 0 saturated carbocycles. The second-order valence-corrected chi connectivity index (χ2v) is 29.2. The molecule has 22 heavy (non-hydrogen) atoms. The van der Waals surface area contributed by atoms with Crippen LogP contribution in [0.25, 0.3) is 0 Å². The molecule has 0 aromatic carbocycles. The van der Waals surface area contributed by atoms with Gasteiger partial charge in [-0.25, -0.2) is 0 Å². The molecule has 0 aromatic rings. The first-order valence-corrected chi connectivity index (χ1v) is 21.3. The van der Waals surface area contributed by atoms with Crippen LogP contribution in [0, 0.1) is 0 Å². The van der Waals surface area contributed by atoms with Gasteiger partial charge in [0.15, 0.2) is 0 Å². The van der Waals surface area contributed by atoms with Gasteiger partial charge in [0, 0.05) is 0 Å². The zero-order valence-electron chi connectivity index (χ0n) is 16.8. The predicted octanol–water partition coefficient (Wildman–Crippen LogP) is 8.05. The van der Waals surface area contributed by atoms with Gasteiger partial charge in [-0.05, 0) is 0 Å². The van der Waals surface area contributed by atoms with E-state index in [0.717, 1.165) is 3.56 Å². The molecule has 0 saturated heterocycles. The van der Waals surface area contributed by atoms with Gasteiger partial charge in [-0.2, -0.15) is 0 Å². The minimum absolute atomic E-state index is 1.06. The van der Waals surface area contributed by atoms with Crippen LogP contribution in [0.4, 0.5) is 0 Å². The third-order valence-corrected chi connectivity index (χ3v) is 34.7. The average Bonchev–Trinajstić information content (AvgIpc) is 2.47. The van der Waals surface area contributed by atoms with Crippen LogP contribution in [-0.4, -0.2) is 26.5 Å². The zero-order valence-corrected chi connectivity index (χ0v) is 20.7. The van der Waals surface area contributed by atoms with Crippen LogP contribution in [0.5, 0.6) is 0 Å². The summed E-state index contributed by atoms with van der Waals surface area (Å²) in [5.41, 5.74) is 0. The van der Waals surface area contributed by atoms with Crippen molar-refractivity contribution in [2.45, 2.75) is 109 Å². The Morgan fingerprint density at radius 1 is 0.773 bits per heavy atom. The van der Waals surface area contributed by atoms with Crippen molar-refractivity contribution < 1.29 is 0 Å². The van der Waals surface area contributed by atoms with Crippen LogP contribution in [0.2, 0.25) is 36.5 Å². The van der Waals surface area contributed by atoms with E-state index >= 15 is 0 Å². The monoisotopic (exact) mass is 432 g/mol. The molecule has 0 fully saturated rings. The number of hydrogen-bond donors (Lipinski definition) is 0. The Kier molecular flexibility index (Phi) is 12.6. The predicted molar refractivity (Wildman–Crippen MR) is 111 cm³/mol. The Morgan fingerprint density at radius 2 is 1.18 bits per heavy atom. The molecule has 0 aliphatic carbocycles. The molecular weight excluding hydrogens is 387 g/mol. The molecule has 0 amide bonds. The number of hydrogen-bond acceptors (Lipinski definition) is 0. The van der Waals surface area contributed by atoms with Crippen molar-refractivity contribution in [2.75, 3.05) is 0 Å². The quantitative estimate of drug-likeness (QED) is 0.204. The molecule has 0 aliphatic rings. The average molecular weight is 431 g/mol. The first-order valence-electron chi connectivity index (χ1n) is 10.0. The van der Waals surface area contributed by atoms with Gasteiger partial charge in [-0.3, -0.25) is 0 Å². The minimum atomic E-state index is -2.09. The summed E-state index contributed by atoms with van der Waals surface area (Å²) in [6.07, 6.45) is 15.2. The number of allylic oxidation sites excluding steroid dienone is 2. The van der Waals surface area contributed by atoms with Crippen molar-refractivity contribution in [1.82, 2.24) is 0 Å². The first-order chi connectivity index (χ1) is 10.4. The van der Waals surface area contributed by atoms with Crippen LogP contribution in [-0.2, 0) is 0 Å². The normalized spacial score (nSPS) is 14.7. The van der Waals surface area contributed by atoms with Crippen molar-refractivity contribution in [2.24, 2.45) is 0 Å². The van der Waals surface area contributed by atoms with Gasteiger partial charge in [0.05, 0.1) is 0 Å². The van der Waals surface area contributed by atoms with E-state index in [-0.39, 0.29) is 0 Å². The van der Waals surface area contributed by atoms with E-state index in [1.165, 1.54) is 44.9 Å². The molecule has 0 nitrogen and oxygen atoms in total. The maximum atomic E-state index is 2.74. The Hall–Kier alpha value is 0.756. The van der Waals surface area contributed by atoms with Crippen molar-refractivity contribution in [3.63, 3.8) is 0 Å². The van der Waals surface area contributed by atoms with Gasteiger partial charge in [-0.15, -0.1) is 0 Å². The topological polar surface area (TPSA) is 0 Å². The van der Waals surface area contributed by atoms with E-state index in [1.54, 1.807) is 13.3 Å². The van der Waals surface area contributed by atoms with Crippen molar-refractivity contribution in [3.05, 3.63) is 12.2 Å². The molecule has 0 bridgehead atoms. The molecule has 0 spiro atoms. The van der Waals surface area contributed by atoms with Crippen LogP contribution >= 0.6 is 0 Å². The zero-order chi connectivity index (χ0) is 17.1. The van der Waals surface area contributed by atoms with Gasteiger partial charge in [-0.1, -0.05) is 0 Å². The third kappa shape index (κ3) is 8.03. The summed E-state index contributed by atoms with van der Waals surface area (Å²) < 4.78 is 6.04. The van der Waals surface area contributed by atoms with Crippen molar-refractivity contribution in [1.29, 1.82) is 0 Å². The van der Waals surface area contributed by atoms with E-state index in [4.69, 9.17) is 0 Å². The molecular formula is C20H44SiSn. The fourth-order valence-corrected chi connectivity index (χ4v) is 40.7. The second-order valence-electron chi connectivity index (χ2n) is 8.35. The summed E-state index contributed by atoms with van der Waals surface area (Å²) in [5, 5.41) is 0. The van der Waals surface area contributed by atoms with E-state index in [9.17, 15) is 0 Å². The Morgan fingerprint density at radius 3 is 1.45 bits per heavy atom. The number of rotatable bonds is 13. The van der Waals surface area contributed by atoms with Crippen LogP contribution < -0.4 is 0 Å². The third-order valence-electron chi connectivity index (χ3n) is 5.24. The summed E-state index contributed by atoms with van der Waals surface area (Å²) in [6, 6.07) is 0. The SMILES string of the molecule is CC/C=C/[CH]([Si](C)(C)C)[Sn]([CH2]CCC)([CH2]CCC)[CH2]CCC.